The van der Waals surface area contributed by atoms with Crippen molar-refractivity contribution in [2.24, 2.45) is 7.05 Å². The van der Waals surface area contributed by atoms with Gasteiger partial charge in [0.2, 0.25) is 0 Å². The van der Waals surface area contributed by atoms with Gasteiger partial charge >= 0.3 is 0 Å². The number of rotatable bonds is 1. The molecule has 0 spiro atoms. The van der Waals surface area contributed by atoms with E-state index in [2.05, 4.69) is 58.9 Å². The maximum atomic E-state index is 4.38. The quantitative estimate of drug-likeness (QED) is 0.490. The average molecular weight is 278 g/mol. The maximum Gasteiger partial charge on any atom is 0.0955 e. The molecule has 0 atom stereocenters. The predicted molar refractivity (Wildman–Crippen MR) is 86.3 cm³/mol. The number of thiophene rings is 1. The fraction of sp³-hybridized carbons (Fsp3) is 0.118. The van der Waals surface area contributed by atoms with E-state index in [1.54, 1.807) is 0 Å². The Morgan fingerprint density at radius 3 is 2.85 bits per heavy atom. The van der Waals surface area contributed by atoms with Crippen LogP contribution in [0.1, 0.15) is 5.56 Å². The van der Waals surface area contributed by atoms with Crippen LogP contribution < -0.4 is 0 Å². The molecule has 4 aromatic rings. The summed E-state index contributed by atoms with van der Waals surface area (Å²) in [6.45, 7) is 2.17. The van der Waals surface area contributed by atoms with Gasteiger partial charge in [-0.15, -0.1) is 11.3 Å². The zero-order chi connectivity index (χ0) is 13.7. The number of aryl methyl sites for hydroxylation is 2. The monoisotopic (exact) mass is 278 g/mol. The van der Waals surface area contributed by atoms with E-state index in [1.165, 1.54) is 31.6 Å². The molecule has 98 valence electrons. The van der Waals surface area contributed by atoms with Gasteiger partial charge < -0.3 is 4.57 Å². The highest BCUT2D eigenvalue weighted by Gasteiger charge is 2.08. The SMILES string of the molecule is Cc1cccc2cc(-c3ccc4ncn(C)c4c3)sc12. The molecular formula is C17H14N2S. The fourth-order valence-corrected chi connectivity index (χ4v) is 3.76. The lowest BCUT2D eigenvalue weighted by Crippen LogP contribution is -1.83. The van der Waals surface area contributed by atoms with E-state index in [9.17, 15) is 0 Å². The van der Waals surface area contributed by atoms with Crippen molar-refractivity contribution in [1.29, 1.82) is 0 Å². The second kappa shape index (κ2) is 4.18. The molecule has 2 aromatic carbocycles. The third-order valence-corrected chi connectivity index (χ3v) is 5.09. The minimum atomic E-state index is 1.05. The van der Waals surface area contributed by atoms with Crippen molar-refractivity contribution in [1.82, 2.24) is 9.55 Å². The first-order valence-corrected chi connectivity index (χ1v) is 7.44. The number of imidazole rings is 1. The van der Waals surface area contributed by atoms with Gasteiger partial charge in [0, 0.05) is 16.6 Å². The molecule has 20 heavy (non-hydrogen) atoms. The minimum absolute atomic E-state index is 1.05. The summed E-state index contributed by atoms with van der Waals surface area (Å²) in [4.78, 5) is 5.69. The summed E-state index contributed by atoms with van der Waals surface area (Å²) in [7, 11) is 2.04. The topological polar surface area (TPSA) is 17.8 Å². The summed E-state index contributed by atoms with van der Waals surface area (Å²) in [5.41, 5.74) is 4.84. The van der Waals surface area contributed by atoms with Gasteiger partial charge in [0.1, 0.15) is 0 Å². The molecule has 2 aromatic heterocycles. The van der Waals surface area contributed by atoms with Crippen LogP contribution in [-0.4, -0.2) is 9.55 Å². The van der Waals surface area contributed by atoms with E-state index in [0.717, 1.165) is 5.52 Å². The van der Waals surface area contributed by atoms with E-state index >= 15 is 0 Å². The third kappa shape index (κ3) is 1.67. The molecule has 2 heterocycles. The second-order valence-corrected chi connectivity index (χ2v) is 6.22. The number of hydrogen-bond acceptors (Lipinski definition) is 2. The van der Waals surface area contributed by atoms with Crippen molar-refractivity contribution < 1.29 is 0 Å². The standard InChI is InChI=1S/C17H14N2S/c1-11-4-3-5-13-9-16(20-17(11)13)12-6-7-14-15(8-12)19(2)10-18-14/h3-10H,1-2H3. The van der Waals surface area contributed by atoms with Gasteiger partial charge in [-0.3, -0.25) is 0 Å². The van der Waals surface area contributed by atoms with Gasteiger partial charge in [0.25, 0.3) is 0 Å². The molecule has 0 amide bonds. The molecule has 0 radical (unpaired) electrons. The molecule has 0 N–H and O–H groups in total. The van der Waals surface area contributed by atoms with Gasteiger partial charge in [0.15, 0.2) is 0 Å². The number of fused-ring (bicyclic) bond motifs is 2. The Morgan fingerprint density at radius 2 is 2.00 bits per heavy atom. The zero-order valence-electron chi connectivity index (χ0n) is 11.4. The largest absolute Gasteiger partial charge is 0.334 e. The Hall–Kier alpha value is -2.13. The highest BCUT2D eigenvalue weighted by molar-refractivity contribution is 7.22. The van der Waals surface area contributed by atoms with Crippen LogP contribution in [0.2, 0.25) is 0 Å². The molecule has 0 fully saturated rings. The molecule has 0 aliphatic carbocycles. The molecule has 2 nitrogen and oxygen atoms in total. The number of benzene rings is 2. The molecule has 0 saturated carbocycles. The zero-order valence-corrected chi connectivity index (χ0v) is 12.2. The lowest BCUT2D eigenvalue weighted by atomic mass is 10.1. The van der Waals surface area contributed by atoms with Crippen molar-refractivity contribution in [2.75, 3.05) is 0 Å². The Labute approximate surface area is 121 Å². The Balaban J connectivity index is 1.95. The molecule has 0 bridgehead atoms. The van der Waals surface area contributed by atoms with Crippen LogP contribution >= 0.6 is 11.3 Å². The van der Waals surface area contributed by atoms with Crippen LogP contribution in [0.25, 0.3) is 31.6 Å². The summed E-state index contributed by atoms with van der Waals surface area (Å²) in [6, 6.07) is 15.3. The van der Waals surface area contributed by atoms with Crippen LogP contribution in [0, 0.1) is 6.92 Å². The summed E-state index contributed by atoms with van der Waals surface area (Å²) < 4.78 is 3.45. The maximum absolute atomic E-state index is 4.38. The minimum Gasteiger partial charge on any atom is -0.334 e. The molecule has 3 heteroatoms. The fourth-order valence-electron chi connectivity index (χ4n) is 2.63. The van der Waals surface area contributed by atoms with Crippen LogP contribution in [0.5, 0.6) is 0 Å². The van der Waals surface area contributed by atoms with Crippen molar-refractivity contribution in [3.05, 3.63) is 54.4 Å². The third-order valence-electron chi connectivity index (χ3n) is 3.75. The molecular weight excluding hydrogens is 264 g/mol. The Kier molecular flexibility index (Phi) is 2.44. The summed E-state index contributed by atoms with van der Waals surface area (Å²) in [5, 5.41) is 1.33. The lowest BCUT2D eigenvalue weighted by Gasteiger charge is -1.99. The summed E-state index contributed by atoms with van der Waals surface area (Å²) in [5.74, 6) is 0. The molecule has 0 saturated heterocycles. The summed E-state index contributed by atoms with van der Waals surface area (Å²) in [6.07, 6.45) is 1.86. The highest BCUT2D eigenvalue weighted by Crippen LogP contribution is 2.36. The normalized spacial score (nSPS) is 11.5. The molecule has 4 rings (SSSR count). The van der Waals surface area contributed by atoms with Gasteiger partial charge in [-0.1, -0.05) is 24.3 Å². The molecule has 0 unspecified atom stereocenters. The first kappa shape index (κ1) is 11.7. The molecule has 0 aliphatic rings. The van der Waals surface area contributed by atoms with E-state index in [1.807, 2.05) is 24.7 Å². The van der Waals surface area contributed by atoms with E-state index in [4.69, 9.17) is 0 Å². The predicted octanol–water partition coefficient (Wildman–Crippen LogP) is 4.76. The average Bonchev–Trinajstić information content (AvgIpc) is 3.04. The van der Waals surface area contributed by atoms with E-state index < -0.39 is 0 Å². The number of hydrogen-bond donors (Lipinski definition) is 0. The van der Waals surface area contributed by atoms with Gasteiger partial charge in [-0.05, 0) is 41.6 Å². The molecule has 0 aliphatic heterocycles. The van der Waals surface area contributed by atoms with Crippen LogP contribution in [-0.2, 0) is 7.05 Å². The van der Waals surface area contributed by atoms with Crippen molar-refractivity contribution in [3.63, 3.8) is 0 Å². The first-order valence-electron chi connectivity index (χ1n) is 6.63. The summed E-state index contributed by atoms with van der Waals surface area (Å²) >= 11 is 1.86. The van der Waals surface area contributed by atoms with E-state index in [-0.39, 0.29) is 0 Å². The first-order chi connectivity index (χ1) is 9.72. The number of nitrogens with zero attached hydrogens (tertiary/aromatic N) is 2. The highest BCUT2D eigenvalue weighted by atomic mass is 32.1. The Morgan fingerprint density at radius 1 is 1.10 bits per heavy atom. The van der Waals surface area contributed by atoms with Gasteiger partial charge in [-0.2, -0.15) is 0 Å². The van der Waals surface area contributed by atoms with Crippen LogP contribution in [0.15, 0.2) is 48.8 Å². The van der Waals surface area contributed by atoms with Crippen molar-refractivity contribution in [2.45, 2.75) is 6.92 Å². The van der Waals surface area contributed by atoms with Gasteiger partial charge in [0.05, 0.1) is 17.4 Å². The number of aromatic nitrogens is 2. The van der Waals surface area contributed by atoms with Crippen LogP contribution in [0.3, 0.4) is 0 Å². The Bertz CT molecular complexity index is 931. The van der Waals surface area contributed by atoms with Crippen LogP contribution in [0.4, 0.5) is 0 Å². The van der Waals surface area contributed by atoms with Crippen molar-refractivity contribution >= 4 is 32.5 Å². The van der Waals surface area contributed by atoms with Gasteiger partial charge in [-0.25, -0.2) is 4.98 Å². The smallest absolute Gasteiger partial charge is 0.0955 e. The second-order valence-electron chi connectivity index (χ2n) is 5.16. The lowest BCUT2D eigenvalue weighted by molar-refractivity contribution is 0.948. The van der Waals surface area contributed by atoms with E-state index in [0.29, 0.717) is 0 Å². The van der Waals surface area contributed by atoms with Crippen molar-refractivity contribution in [3.8, 4) is 10.4 Å².